The molecule has 1 atom stereocenters. The fourth-order valence-corrected chi connectivity index (χ4v) is 2.01. The SMILES string of the molecule is CC[C@H](C)Oc1cc(C#N)c(N)c(OCCc2ccccn2)c1. The van der Waals surface area contributed by atoms with Gasteiger partial charge in [0.1, 0.15) is 17.6 Å². The van der Waals surface area contributed by atoms with E-state index >= 15 is 0 Å². The van der Waals surface area contributed by atoms with Crippen molar-refractivity contribution >= 4 is 5.69 Å². The topological polar surface area (TPSA) is 81.2 Å². The van der Waals surface area contributed by atoms with Gasteiger partial charge in [0.2, 0.25) is 0 Å². The Balaban J connectivity index is 2.10. The Labute approximate surface area is 136 Å². The lowest BCUT2D eigenvalue weighted by Gasteiger charge is -2.16. The van der Waals surface area contributed by atoms with E-state index in [0.717, 1.165) is 12.1 Å². The first kappa shape index (κ1) is 16.6. The molecule has 5 nitrogen and oxygen atoms in total. The summed E-state index contributed by atoms with van der Waals surface area (Å²) < 4.78 is 11.5. The molecule has 120 valence electrons. The molecule has 5 heteroatoms. The molecule has 0 unspecified atom stereocenters. The van der Waals surface area contributed by atoms with Crippen LogP contribution in [-0.2, 0) is 6.42 Å². The minimum Gasteiger partial charge on any atom is -0.491 e. The van der Waals surface area contributed by atoms with Crippen LogP contribution in [0.5, 0.6) is 11.5 Å². The number of ether oxygens (including phenoxy) is 2. The Bertz CT molecular complexity index is 681. The number of benzene rings is 1. The number of nitriles is 1. The second-order valence-corrected chi connectivity index (χ2v) is 5.25. The molecule has 0 saturated heterocycles. The minimum absolute atomic E-state index is 0.0616. The highest BCUT2D eigenvalue weighted by atomic mass is 16.5. The average molecular weight is 311 g/mol. The Hall–Kier alpha value is -2.74. The molecule has 0 aliphatic heterocycles. The van der Waals surface area contributed by atoms with E-state index in [-0.39, 0.29) is 6.10 Å². The van der Waals surface area contributed by atoms with Crippen LogP contribution in [0.25, 0.3) is 0 Å². The van der Waals surface area contributed by atoms with Crippen LogP contribution in [0, 0.1) is 11.3 Å². The molecule has 0 aliphatic carbocycles. The monoisotopic (exact) mass is 311 g/mol. The molecule has 23 heavy (non-hydrogen) atoms. The van der Waals surface area contributed by atoms with Crippen molar-refractivity contribution in [2.75, 3.05) is 12.3 Å². The van der Waals surface area contributed by atoms with Gasteiger partial charge in [0.05, 0.1) is 24.0 Å². The van der Waals surface area contributed by atoms with Crippen molar-refractivity contribution in [3.63, 3.8) is 0 Å². The van der Waals surface area contributed by atoms with E-state index in [1.54, 1.807) is 18.3 Å². The van der Waals surface area contributed by atoms with E-state index in [9.17, 15) is 5.26 Å². The van der Waals surface area contributed by atoms with Gasteiger partial charge in [-0.2, -0.15) is 5.26 Å². The second kappa shape index (κ2) is 8.04. The highest BCUT2D eigenvalue weighted by Crippen LogP contribution is 2.31. The molecule has 1 aromatic carbocycles. The number of rotatable bonds is 7. The molecule has 0 bridgehead atoms. The van der Waals surface area contributed by atoms with E-state index < -0.39 is 0 Å². The van der Waals surface area contributed by atoms with Gasteiger partial charge in [0, 0.05) is 30.4 Å². The molecule has 2 aromatic rings. The van der Waals surface area contributed by atoms with E-state index in [0.29, 0.717) is 35.8 Å². The van der Waals surface area contributed by atoms with Gasteiger partial charge in [-0.1, -0.05) is 13.0 Å². The maximum atomic E-state index is 9.21. The molecular formula is C18H21N3O2. The van der Waals surface area contributed by atoms with Gasteiger partial charge in [-0.3, -0.25) is 4.98 Å². The first-order valence-corrected chi connectivity index (χ1v) is 7.67. The lowest BCUT2D eigenvalue weighted by molar-refractivity contribution is 0.216. The van der Waals surface area contributed by atoms with E-state index in [4.69, 9.17) is 15.2 Å². The molecule has 0 saturated carbocycles. The third kappa shape index (κ3) is 4.62. The molecule has 1 heterocycles. The third-order valence-electron chi connectivity index (χ3n) is 3.49. The quantitative estimate of drug-likeness (QED) is 0.793. The largest absolute Gasteiger partial charge is 0.491 e. The highest BCUT2D eigenvalue weighted by Gasteiger charge is 2.12. The van der Waals surface area contributed by atoms with Gasteiger partial charge >= 0.3 is 0 Å². The zero-order valence-corrected chi connectivity index (χ0v) is 13.5. The molecule has 1 aromatic heterocycles. The first-order valence-electron chi connectivity index (χ1n) is 7.67. The van der Waals surface area contributed by atoms with E-state index in [2.05, 4.69) is 11.1 Å². The number of aromatic nitrogens is 1. The Morgan fingerprint density at radius 3 is 2.83 bits per heavy atom. The smallest absolute Gasteiger partial charge is 0.147 e. The van der Waals surface area contributed by atoms with Gasteiger partial charge in [-0.05, 0) is 25.5 Å². The molecule has 2 rings (SSSR count). The normalized spacial score (nSPS) is 11.5. The number of nitrogens with zero attached hydrogens (tertiary/aromatic N) is 2. The summed E-state index contributed by atoms with van der Waals surface area (Å²) in [6.45, 7) is 4.44. The van der Waals surface area contributed by atoms with Crippen LogP contribution < -0.4 is 15.2 Å². The van der Waals surface area contributed by atoms with Crippen molar-refractivity contribution < 1.29 is 9.47 Å². The molecule has 2 N–H and O–H groups in total. The second-order valence-electron chi connectivity index (χ2n) is 5.25. The number of pyridine rings is 1. The van der Waals surface area contributed by atoms with Crippen LogP contribution in [0.4, 0.5) is 5.69 Å². The van der Waals surface area contributed by atoms with Crippen LogP contribution in [0.3, 0.4) is 0 Å². The maximum absolute atomic E-state index is 9.21. The van der Waals surface area contributed by atoms with Crippen molar-refractivity contribution in [3.05, 3.63) is 47.8 Å². The molecule has 0 amide bonds. The molecule has 0 spiro atoms. The van der Waals surface area contributed by atoms with Gasteiger partial charge in [0.15, 0.2) is 0 Å². The highest BCUT2D eigenvalue weighted by molar-refractivity contribution is 5.66. The Morgan fingerprint density at radius 2 is 2.17 bits per heavy atom. The fraction of sp³-hybridized carbons (Fsp3) is 0.333. The molecule has 0 radical (unpaired) electrons. The zero-order valence-electron chi connectivity index (χ0n) is 13.5. The number of nitrogen functional groups attached to an aromatic ring is 1. The fourth-order valence-electron chi connectivity index (χ4n) is 2.01. The summed E-state index contributed by atoms with van der Waals surface area (Å²) in [4.78, 5) is 4.25. The standard InChI is InChI=1S/C18H21N3O2/c1-3-13(2)23-16-10-14(12-19)18(20)17(11-16)22-9-7-15-6-4-5-8-21-15/h4-6,8,10-11,13H,3,7,9,20H2,1-2H3/t13-/m0/s1. The predicted octanol–water partition coefficient (Wildman–Crippen LogP) is 3.33. The average Bonchev–Trinajstić information content (AvgIpc) is 2.58. The van der Waals surface area contributed by atoms with Crippen molar-refractivity contribution in [1.82, 2.24) is 4.98 Å². The summed E-state index contributed by atoms with van der Waals surface area (Å²) in [5.74, 6) is 1.07. The Kier molecular flexibility index (Phi) is 5.81. The van der Waals surface area contributed by atoms with Crippen LogP contribution in [0.1, 0.15) is 31.5 Å². The predicted molar refractivity (Wildman–Crippen MR) is 89.4 cm³/mol. The lowest BCUT2D eigenvalue weighted by Crippen LogP contribution is -2.11. The van der Waals surface area contributed by atoms with Crippen molar-refractivity contribution in [2.24, 2.45) is 0 Å². The number of hydrogen-bond donors (Lipinski definition) is 1. The Morgan fingerprint density at radius 1 is 1.35 bits per heavy atom. The molecule has 0 aliphatic rings. The van der Waals surface area contributed by atoms with Gasteiger partial charge < -0.3 is 15.2 Å². The van der Waals surface area contributed by atoms with Gasteiger partial charge in [-0.25, -0.2) is 0 Å². The van der Waals surface area contributed by atoms with Gasteiger partial charge in [-0.15, -0.1) is 0 Å². The van der Waals surface area contributed by atoms with Crippen molar-refractivity contribution in [3.8, 4) is 17.6 Å². The van der Waals surface area contributed by atoms with Gasteiger partial charge in [0.25, 0.3) is 0 Å². The molecular weight excluding hydrogens is 290 g/mol. The maximum Gasteiger partial charge on any atom is 0.147 e. The number of hydrogen-bond acceptors (Lipinski definition) is 5. The van der Waals surface area contributed by atoms with Crippen LogP contribution in [-0.4, -0.2) is 17.7 Å². The van der Waals surface area contributed by atoms with E-state index in [1.165, 1.54) is 0 Å². The summed E-state index contributed by atoms with van der Waals surface area (Å²) in [7, 11) is 0. The summed E-state index contributed by atoms with van der Waals surface area (Å²) in [6, 6.07) is 11.2. The summed E-state index contributed by atoms with van der Waals surface area (Å²) >= 11 is 0. The van der Waals surface area contributed by atoms with E-state index in [1.807, 2.05) is 32.0 Å². The minimum atomic E-state index is 0.0616. The summed E-state index contributed by atoms with van der Waals surface area (Å²) in [5, 5.41) is 9.21. The number of anilines is 1. The number of nitrogens with two attached hydrogens (primary N) is 1. The van der Waals surface area contributed by atoms with Crippen LogP contribution >= 0.6 is 0 Å². The third-order valence-corrected chi connectivity index (χ3v) is 3.49. The van der Waals surface area contributed by atoms with Crippen molar-refractivity contribution in [2.45, 2.75) is 32.8 Å². The summed E-state index contributed by atoms with van der Waals surface area (Å²) in [6.07, 6.45) is 3.35. The zero-order chi connectivity index (χ0) is 16.7. The van der Waals surface area contributed by atoms with Crippen LogP contribution in [0.2, 0.25) is 0 Å². The lowest BCUT2D eigenvalue weighted by atomic mass is 10.1. The van der Waals surface area contributed by atoms with Crippen molar-refractivity contribution in [1.29, 1.82) is 5.26 Å². The summed E-state index contributed by atoms with van der Waals surface area (Å²) in [5.41, 5.74) is 7.63. The first-order chi connectivity index (χ1) is 11.1. The molecule has 0 fully saturated rings. The van der Waals surface area contributed by atoms with Crippen LogP contribution in [0.15, 0.2) is 36.5 Å².